The molecule has 0 amide bonds. The predicted octanol–water partition coefficient (Wildman–Crippen LogP) is 5.89. The number of hydrogen-bond donors (Lipinski definition) is 1. The molecular weight excluding hydrogens is 382 g/mol. The molecule has 3 aromatic heterocycles. The Labute approximate surface area is 180 Å². The van der Waals surface area contributed by atoms with Gasteiger partial charge in [-0.3, -0.25) is 4.98 Å². The zero-order valence-electron chi connectivity index (χ0n) is 17.6. The van der Waals surface area contributed by atoms with Crippen LogP contribution in [-0.4, -0.2) is 19.5 Å². The first-order valence-corrected chi connectivity index (χ1v) is 10.2. The van der Waals surface area contributed by atoms with Gasteiger partial charge in [-0.1, -0.05) is 12.1 Å². The molecule has 0 radical (unpaired) electrons. The first-order valence-electron chi connectivity index (χ1n) is 10.2. The first kappa shape index (κ1) is 18.8. The number of rotatable bonds is 3. The third-order valence-corrected chi connectivity index (χ3v) is 5.63. The molecule has 0 fully saturated rings. The Balaban J connectivity index is 1.59. The molecule has 31 heavy (non-hydrogen) atoms. The molecule has 5 rings (SSSR count). The molecule has 1 N–H and O–H groups in total. The van der Waals surface area contributed by atoms with Crippen molar-refractivity contribution in [1.82, 2.24) is 19.5 Å². The fraction of sp³-hybridized carbons (Fsp3) is 0.115. The van der Waals surface area contributed by atoms with Gasteiger partial charge in [-0.2, -0.15) is 5.26 Å². The number of fused-ring (bicyclic) bond motifs is 2. The minimum atomic E-state index is 0.511. The first-order chi connectivity index (χ1) is 15.0. The van der Waals surface area contributed by atoms with Crippen molar-refractivity contribution in [1.29, 1.82) is 5.26 Å². The topological polar surface area (TPSA) is 70.3 Å². The van der Waals surface area contributed by atoms with E-state index >= 15 is 0 Å². The van der Waals surface area contributed by atoms with E-state index in [1.807, 2.05) is 43.3 Å². The van der Waals surface area contributed by atoms with Crippen molar-refractivity contribution in [2.75, 3.05) is 0 Å². The van der Waals surface area contributed by atoms with Gasteiger partial charge >= 0.3 is 0 Å². The Morgan fingerprint density at radius 3 is 2.71 bits per heavy atom. The van der Waals surface area contributed by atoms with Gasteiger partial charge in [-0.25, -0.2) is 4.98 Å². The summed E-state index contributed by atoms with van der Waals surface area (Å²) in [6, 6.07) is 20.7. The van der Waals surface area contributed by atoms with Crippen molar-refractivity contribution < 1.29 is 0 Å². The summed E-state index contributed by atoms with van der Waals surface area (Å²) in [5, 5.41) is 10.9. The highest BCUT2D eigenvalue weighted by Gasteiger charge is 2.13. The van der Waals surface area contributed by atoms with Crippen LogP contribution in [0.25, 0.3) is 39.3 Å². The number of allylic oxidation sites excluding steroid dienone is 1. The minimum Gasteiger partial charge on any atom is -0.337 e. The zero-order valence-corrected chi connectivity index (χ0v) is 17.6. The van der Waals surface area contributed by atoms with E-state index in [1.165, 1.54) is 0 Å². The maximum atomic E-state index is 9.83. The fourth-order valence-corrected chi connectivity index (χ4v) is 4.09. The van der Waals surface area contributed by atoms with E-state index in [2.05, 4.69) is 63.7 Å². The van der Waals surface area contributed by atoms with Crippen LogP contribution in [0.4, 0.5) is 0 Å². The molecule has 2 aromatic carbocycles. The van der Waals surface area contributed by atoms with Crippen molar-refractivity contribution in [3.8, 4) is 11.8 Å². The van der Waals surface area contributed by atoms with Crippen LogP contribution < -0.4 is 0 Å². The molecule has 0 bridgehead atoms. The number of nitrogens with zero attached hydrogens (tertiary/aromatic N) is 4. The number of aromatic nitrogens is 4. The highest BCUT2D eigenvalue weighted by atomic mass is 15.0. The van der Waals surface area contributed by atoms with Gasteiger partial charge in [0.15, 0.2) is 0 Å². The molecule has 3 heterocycles. The quantitative estimate of drug-likeness (QED) is 0.382. The molecule has 0 atom stereocenters. The van der Waals surface area contributed by atoms with E-state index in [0.717, 1.165) is 50.1 Å². The molecule has 5 heteroatoms. The number of benzene rings is 2. The molecule has 5 aromatic rings. The van der Waals surface area contributed by atoms with E-state index in [-0.39, 0.29) is 0 Å². The Hall–Kier alpha value is -4.17. The number of pyridine rings is 1. The van der Waals surface area contributed by atoms with Crippen LogP contribution in [-0.2, 0) is 0 Å². The van der Waals surface area contributed by atoms with Crippen molar-refractivity contribution in [3.63, 3.8) is 0 Å². The van der Waals surface area contributed by atoms with E-state index < -0.39 is 0 Å². The van der Waals surface area contributed by atoms with Gasteiger partial charge in [0.05, 0.1) is 22.1 Å². The number of hydrogen-bond acceptors (Lipinski definition) is 3. The van der Waals surface area contributed by atoms with Crippen molar-refractivity contribution in [3.05, 3.63) is 89.1 Å². The Morgan fingerprint density at radius 2 is 1.87 bits per heavy atom. The second-order valence-corrected chi connectivity index (χ2v) is 7.82. The molecular formula is C26H21N5. The van der Waals surface area contributed by atoms with Gasteiger partial charge in [0.25, 0.3) is 0 Å². The fourth-order valence-electron chi connectivity index (χ4n) is 4.09. The van der Waals surface area contributed by atoms with Crippen LogP contribution in [0.2, 0.25) is 0 Å². The van der Waals surface area contributed by atoms with Gasteiger partial charge in [0.1, 0.15) is 11.9 Å². The number of imidazole rings is 1. The molecule has 0 aliphatic heterocycles. The largest absolute Gasteiger partial charge is 0.337 e. The number of nitriles is 1. The van der Waals surface area contributed by atoms with Crippen molar-refractivity contribution >= 4 is 33.6 Å². The average molecular weight is 403 g/mol. The standard InChI is InChI=1S/C26H21N5/c1-16-6-8-24-25(11-16)30-26(29-24)21(15-27)13-20-12-17(2)31(18(20)3)22-7-9-23-19(14-22)5-4-10-28-23/h4-14H,1-3H3,(H,29,30)/b21-13-. The summed E-state index contributed by atoms with van der Waals surface area (Å²) in [7, 11) is 0. The van der Waals surface area contributed by atoms with E-state index in [1.54, 1.807) is 6.20 Å². The Bertz CT molecular complexity index is 1530. The molecule has 0 unspecified atom stereocenters. The highest BCUT2D eigenvalue weighted by molar-refractivity contribution is 5.91. The lowest BCUT2D eigenvalue weighted by atomic mass is 10.1. The Kier molecular flexibility index (Phi) is 4.41. The SMILES string of the molecule is Cc1ccc2nc(/C(C#N)=C\c3cc(C)n(-c4ccc5ncccc5c4)c3C)[nH]c2c1. The van der Waals surface area contributed by atoms with Gasteiger partial charge in [-0.05, 0) is 80.4 Å². The van der Waals surface area contributed by atoms with Gasteiger partial charge in [0.2, 0.25) is 0 Å². The summed E-state index contributed by atoms with van der Waals surface area (Å²) in [5.41, 5.74) is 8.68. The van der Waals surface area contributed by atoms with Crippen LogP contribution in [0.3, 0.4) is 0 Å². The summed E-state index contributed by atoms with van der Waals surface area (Å²) in [4.78, 5) is 12.3. The van der Waals surface area contributed by atoms with Crippen LogP contribution in [0, 0.1) is 32.1 Å². The van der Waals surface area contributed by atoms with Crippen molar-refractivity contribution in [2.24, 2.45) is 0 Å². The normalized spacial score (nSPS) is 11.9. The highest BCUT2D eigenvalue weighted by Crippen LogP contribution is 2.27. The lowest BCUT2D eigenvalue weighted by molar-refractivity contribution is 0.966. The summed E-state index contributed by atoms with van der Waals surface area (Å²) < 4.78 is 2.20. The molecule has 0 aliphatic carbocycles. The summed E-state index contributed by atoms with van der Waals surface area (Å²) in [5.74, 6) is 0.588. The van der Waals surface area contributed by atoms with Gasteiger partial charge < -0.3 is 9.55 Å². The lowest BCUT2D eigenvalue weighted by Crippen LogP contribution is -1.99. The maximum Gasteiger partial charge on any atom is 0.149 e. The molecule has 5 nitrogen and oxygen atoms in total. The maximum absolute atomic E-state index is 9.83. The summed E-state index contributed by atoms with van der Waals surface area (Å²) >= 11 is 0. The third kappa shape index (κ3) is 3.28. The zero-order chi connectivity index (χ0) is 21.5. The second-order valence-electron chi connectivity index (χ2n) is 7.82. The lowest BCUT2D eigenvalue weighted by Gasteiger charge is -2.10. The van der Waals surface area contributed by atoms with Crippen LogP contribution >= 0.6 is 0 Å². The average Bonchev–Trinajstić information content (AvgIpc) is 3.31. The van der Waals surface area contributed by atoms with E-state index in [0.29, 0.717) is 11.4 Å². The number of nitrogens with one attached hydrogen (secondary N) is 1. The summed E-state index contributed by atoms with van der Waals surface area (Å²) in [6.45, 7) is 6.19. The Morgan fingerprint density at radius 1 is 1.03 bits per heavy atom. The monoisotopic (exact) mass is 403 g/mol. The minimum absolute atomic E-state index is 0.511. The molecule has 0 spiro atoms. The molecule has 150 valence electrons. The second kappa shape index (κ2) is 7.26. The van der Waals surface area contributed by atoms with Gasteiger partial charge in [0, 0.05) is 28.7 Å². The molecule has 0 saturated carbocycles. The molecule has 0 aliphatic rings. The predicted molar refractivity (Wildman–Crippen MR) is 125 cm³/mol. The van der Waals surface area contributed by atoms with Crippen LogP contribution in [0.15, 0.2) is 60.8 Å². The summed E-state index contributed by atoms with van der Waals surface area (Å²) in [6.07, 6.45) is 3.71. The van der Waals surface area contributed by atoms with Gasteiger partial charge in [-0.15, -0.1) is 0 Å². The number of aromatic amines is 1. The third-order valence-electron chi connectivity index (χ3n) is 5.63. The van der Waals surface area contributed by atoms with Crippen molar-refractivity contribution in [2.45, 2.75) is 20.8 Å². The van der Waals surface area contributed by atoms with E-state index in [4.69, 9.17) is 0 Å². The van der Waals surface area contributed by atoms with Crippen LogP contribution in [0.5, 0.6) is 0 Å². The number of H-pyrrole nitrogens is 1. The number of aryl methyl sites for hydroxylation is 2. The molecule has 0 saturated heterocycles. The van der Waals surface area contributed by atoms with E-state index in [9.17, 15) is 5.26 Å². The van der Waals surface area contributed by atoms with Crippen LogP contribution in [0.1, 0.15) is 28.3 Å². The smallest absolute Gasteiger partial charge is 0.149 e.